The van der Waals surface area contributed by atoms with E-state index in [4.69, 9.17) is 18.9 Å². The molecule has 1 aliphatic carbocycles. The zero-order valence-electron chi connectivity index (χ0n) is 16.1. The van der Waals surface area contributed by atoms with Gasteiger partial charge in [0.2, 0.25) is 0 Å². The first-order valence-electron chi connectivity index (χ1n) is 9.33. The standard InChI is InChI=1S/C21H22O7/c1-4-27-19(24)20-11-13-10-9-12-7-5-6-8-14(12)21(13,28-20)16(18(23)26-3)15(20)17(22)25-2/h5-8,13H,4,9-11H2,1-3H3/t13?,20-,21-/m0/s1. The number of methoxy groups -OCH3 is 2. The van der Waals surface area contributed by atoms with Crippen molar-refractivity contribution in [1.82, 2.24) is 0 Å². The Balaban J connectivity index is 2.04. The summed E-state index contributed by atoms with van der Waals surface area (Å²) in [6.45, 7) is 1.81. The molecule has 4 rings (SSSR count). The van der Waals surface area contributed by atoms with Gasteiger partial charge < -0.3 is 18.9 Å². The highest BCUT2D eigenvalue weighted by molar-refractivity contribution is 6.10. The molecule has 7 nitrogen and oxygen atoms in total. The summed E-state index contributed by atoms with van der Waals surface area (Å²) in [6, 6.07) is 7.63. The molecule has 1 saturated heterocycles. The fourth-order valence-corrected chi connectivity index (χ4v) is 5.03. The Morgan fingerprint density at radius 3 is 2.46 bits per heavy atom. The predicted octanol–water partition coefficient (Wildman–Crippen LogP) is 1.82. The number of benzene rings is 1. The van der Waals surface area contributed by atoms with Crippen LogP contribution in [0.4, 0.5) is 0 Å². The maximum atomic E-state index is 13.0. The van der Waals surface area contributed by atoms with E-state index in [9.17, 15) is 14.4 Å². The summed E-state index contributed by atoms with van der Waals surface area (Å²) in [5, 5.41) is 0. The molecule has 1 fully saturated rings. The first-order valence-corrected chi connectivity index (χ1v) is 9.33. The fourth-order valence-electron chi connectivity index (χ4n) is 5.03. The summed E-state index contributed by atoms with van der Waals surface area (Å²) in [4.78, 5) is 38.7. The largest absolute Gasteiger partial charge is 0.466 e. The number of carbonyl (C=O) groups is 3. The van der Waals surface area contributed by atoms with Crippen molar-refractivity contribution in [1.29, 1.82) is 0 Å². The molecule has 0 saturated carbocycles. The second-order valence-electron chi connectivity index (χ2n) is 7.22. The third kappa shape index (κ3) is 2.16. The molecule has 28 heavy (non-hydrogen) atoms. The van der Waals surface area contributed by atoms with Crippen LogP contribution in [0.3, 0.4) is 0 Å². The van der Waals surface area contributed by atoms with Crippen molar-refractivity contribution in [3.63, 3.8) is 0 Å². The van der Waals surface area contributed by atoms with Gasteiger partial charge in [-0.15, -0.1) is 0 Å². The van der Waals surface area contributed by atoms with Gasteiger partial charge in [0.15, 0.2) is 5.60 Å². The molecule has 148 valence electrons. The number of carbonyl (C=O) groups excluding carboxylic acids is 3. The third-order valence-corrected chi connectivity index (χ3v) is 6.03. The van der Waals surface area contributed by atoms with Gasteiger partial charge in [0, 0.05) is 5.92 Å². The molecule has 0 aromatic heterocycles. The molecule has 0 N–H and O–H groups in total. The maximum Gasteiger partial charge on any atom is 0.343 e. The van der Waals surface area contributed by atoms with E-state index in [-0.39, 0.29) is 30.1 Å². The van der Waals surface area contributed by atoms with E-state index in [2.05, 4.69) is 0 Å². The van der Waals surface area contributed by atoms with E-state index in [1.54, 1.807) is 6.92 Å². The van der Waals surface area contributed by atoms with E-state index in [0.717, 1.165) is 17.5 Å². The monoisotopic (exact) mass is 386 g/mol. The van der Waals surface area contributed by atoms with Gasteiger partial charge in [-0.3, -0.25) is 0 Å². The van der Waals surface area contributed by atoms with Crippen LogP contribution in [0.15, 0.2) is 35.4 Å². The maximum absolute atomic E-state index is 13.0. The minimum Gasteiger partial charge on any atom is -0.466 e. The molecule has 0 radical (unpaired) electrons. The van der Waals surface area contributed by atoms with Crippen LogP contribution < -0.4 is 0 Å². The molecule has 1 aromatic rings. The van der Waals surface area contributed by atoms with Crippen molar-refractivity contribution in [2.75, 3.05) is 20.8 Å². The van der Waals surface area contributed by atoms with Crippen LogP contribution in [-0.2, 0) is 45.4 Å². The van der Waals surface area contributed by atoms with Crippen molar-refractivity contribution >= 4 is 17.9 Å². The Labute approximate surface area is 162 Å². The number of hydrogen-bond acceptors (Lipinski definition) is 7. The number of aryl methyl sites for hydroxylation is 1. The zero-order valence-corrected chi connectivity index (χ0v) is 16.1. The lowest BCUT2D eigenvalue weighted by atomic mass is 9.62. The van der Waals surface area contributed by atoms with Crippen LogP contribution in [0.2, 0.25) is 0 Å². The van der Waals surface area contributed by atoms with Gasteiger partial charge in [-0.25, -0.2) is 14.4 Å². The first kappa shape index (κ1) is 18.7. The number of ether oxygens (including phenoxy) is 4. The minimum atomic E-state index is -1.67. The quantitative estimate of drug-likeness (QED) is 0.576. The van der Waals surface area contributed by atoms with Gasteiger partial charge in [-0.2, -0.15) is 0 Å². The molecule has 1 spiro atoms. The molecule has 2 bridgehead atoms. The van der Waals surface area contributed by atoms with Crippen LogP contribution in [0, 0.1) is 5.92 Å². The molecule has 1 unspecified atom stereocenters. The molecule has 0 amide bonds. The molecule has 2 heterocycles. The topological polar surface area (TPSA) is 88.1 Å². The van der Waals surface area contributed by atoms with Gasteiger partial charge in [-0.05, 0) is 37.3 Å². The van der Waals surface area contributed by atoms with Crippen LogP contribution >= 0.6 is 0 Å². The SMILES string of the molecule is CCOC(=O)[C@@]12CC3CCc4ccccc4[C@]3(O1)C(C(=O)OC)=C2C(=O)OC. The average Bonchev–Trinajstić information content (AvgIpc) is 3.23. The van der Waals surface area contributed by atoms with Gasteiger partial charge >= 0.3 is 17.9 Å². The molecular formula is C21H22O7. The Kier molecular flexibility index (Phi) is 4.30. The number of rotatable bonds is 4. The fraction of sp³-hybridized carbons (Fsp3) is 0.476. The Bertz CT molecular complexity index is 902. The Hall–Kier alpha value is -2.67. The molecular weight excluding hydrogens is 364 g/mol. The van der Waals surface area contributed by atoms with Gasteiger partial charge in [-0.1, -0.05) is 24.3 Å². The summed E-state index contributed by atoms with van der Waals surface area (Å²) in [5.41, 5.74) is -1.14. The van der Waals surface area contributed by atoms with Gasteiger partial charge in [0.1, 0.15) is 5.60 Å². The lowest BCUT2D eigenvalue weighted by molar-refractivity contribution is -0.170. The minimum absolute atomic E-state index is 0.0540. The Morgan fingerprint density at radius 2 is 1.79 bits per heavy atom. The zero-order chi connectivity index (χ0) is 20.1. The highest BCUT2D eigenvalue weighted by atomic mass is 16.6. The highest BCUT2D eigenvalue weighted by Crippen LogP contribution is 2.65. The Morgan fingerprint density at radius 1 is 1.11 bits per heavy atom. The second kappa shape index (κ2) is 6.44. The van der Waals surface area contributed by atoms with E-state index in [1.807, 2.05) is 24.3 Å². The summed E-state index contributed by atoms with van der Waals surface area (Å²) in [6.07, 6.45) is 1.77. The molecule has 2 aliphatic heterocycles. The third-order valence-electron chi connectivity index (χ3n) is 6.03. The normalized spacial score (nSPS) is 29.8. The molecule has 3 aliphatic rings. The van der Waals surface area contributed by atoms with Crippen molar-refractivity contribution in [3.8, 4) is 0 Å². The van der Waals surface area contributed by atoms with E-state index in [0.29, 0.717) is 6.42 Å². The van der Waals surface area contributed by atoms with Crippen LogP contribution in [-0.4, -0.2) is 44.3 Å². The summed E-state index contributed by atoms with van der Waals surface area (Å²) >= 11 is 0. The van der Waals surface area contributed by atoms with E-state index in [1.165, 1.54) is 14.2 Å². The number of esters is 3. The van der Waals surface area contributed by atoms with Crippen molar-refractivity contribution < 1.29 is 33.3 Å². The molecule has 1 aromatic carbocycles. The average molecular weight is 386 g/mol. The van der Waals surface area contributed by atoms with E-state index < -0.39 is 29.1 Å². The lowest BCUT2D eigenvalue weighted by Gasteiger charge is -2.39. The molecule has 7 heteroatoms. The summed E-state index contributed by atoms with van der Waals surface area (Å²) in [5.74, 6) is -2.32. The summed E-state index contributed by atoms with van der Waals surface area (Å²) in [7, 11) is 2.45. The summed E-state index contributed by atoms with van der Waals surface area (Å²) < 4.78 is 21.6. The number of fused-ring (bicyclic) bond motifs is 2. The second-order valence-corrected chi connectivity index (χ2v) is 7.22. The first-order chi connectivity index (χ1) is 13.5. The van der Waals surface area contributed by atoms with Crippen LogP contribution in [0.25, 0.3) is 0 Å². The van der Waals surface area contributed by atoms with Crippen molar-refractivity contribution in [3.05, 3.63) is 46.5 Å². The predicted molar refractivity (Wildman–Crippen MR) is 96.1 cm³/mol. The van der Waals surface area contributed by atoms with Crippen molar-refractivity contribution in [2.24, 2.45) is 5.92 Å². The smallest absolute Gasteiger partial charge is 0.343 e. The van der Waals surface area contributed by atoms with Gasteiger partial charge in [0.25, 0.3) is 0 Å². The number of hydrogen-bond donors (Lipinski definition) is 0. The van der Waals surface area contributed by atoms with Crippen LogP contribution in [0.1, 0.15) is 30.9 Å². The van der Waals surface area contributed by atoms with Crippen LogP contribution in [0.5, 0.6) is 0 Å². The lowest BCUT2D eigenvalue weighted by Crippen LogP contribution is -2.45. The molecule has 3 atom stereocenters. The highest BCUT2D eigenvalue weighted by Gasteiger charge is 2.74. The van der Waals surface area contributed by atoms with Gasteiger partial charge in [0.05, 0.1) is 32.0 Å². The van der Waals surface area contributed by atoms with Crippen molar-refractivity contribution in [2.45, 2.75) is 37.4 Å². The van der Waals surface area contributed by atoms with E-state index >= 15 is 0 Å².